The van der Waals surface area contributed by atoms with Crippen LogP contribution in [0.15, 0.2) is 46.0 Å². The first-order valence-electron chi connectivity index (χ1n) is 6.03. The zero-order valence-electron chi connectivity index (χ0n) is 11.0. The van der Waals surface area contributed by atoms with Gasteiger partial charge in [-0.25, -0.2) is 13.6 Å². The van der Waals surface area contributed by atoms with Crippen molar-refractivity contribution in [2.45, 2.75) is 11.3 Å². The molecule has 0 radical (unpaired) electrons. The minimum atomic E-state index is -3.68. The molecule has 0 spiro atoms. The molecule has 0 atom stereocenters. The standard InChI is InChI=1S/C13H14N2O3S3/c14-21(16,17)12-3-1-11(2-4-12)15-13(19)18-7-5-10-6-8-20-9-10/h1-4,6,8-9H,5,7H2,(H,15,19)(H2,14,16,17). The van der Waals surface area contributed by atoms with Crippen LogP contribution in [0.5, 0.6) is 0 Å². The molecule has 112 valence electrons. The molecule has 0 aliphatic carbocycles. The van der Waals surface area contributed by atoms with Crippen LogP contribution in [0, 0.1) is 0 Å². The van der Waals surface area contributed by atoms with Gasteiger partial charge in [0.1, 0.15) is 0 Å². The Balaban J connectivity index is 1.82. The molecule has 1 aromatic heterocycles. The lowest BCUT2D eigenvalue weighted by Gasteiger charge is -2.09. The Bertz CT molecular complexity index is 695. The van der Waals surface area contributed by atoms with Crippen LogP contribution in [0.3, 0.4) is 0 Å². The van der Waals surface area contributed by atoms with E-state index in [9.17, 15) is 8.42 Å². The lowest BCUT2D eigenvalue weighted by atomic mass is 10.3. The van der Waals surface area contributed by atoms with Gasteiger partial charge in [-0.15, -0.1) is 0 Å². The van der Waals surface area contributed by atoms with Crippen molar-refractivity contribution >= 4 is 44.4 Å². The molecule has 0 unspecified atom stereocenters. The number of hydrogen-bond donors (Lipinski definition) is 2. The van der Waals surface area contributed by atoms with Gasteiger partial charge in [0.25, 0.3) is 5.17 Å². The van der Waals surface area contributed by atoms with Crippen molar-refractivity contribution in [1.82, 2.24) is 0 Å². The van der Waals surface area contributed by atoms with E-state index >= 15 is 0 Å². The van der Waals surface area contributed by atoms with E-state index in [1.165, 1.54) is 17.7 Å². The van der Waals surface area contributed by atoms with Gasteiger partial charge in [0, 0.05) is 12.1 Å². The summed E-state index contributed by atoms with van der Waals surface area (Å²) in [6.07, 6.45) is 0.787. The predicted octanol–water partition coefficient (Wildman–Crippen LogP) is 2.35. The van der Waals surface area contributed by atoms with E-state index < -0.39 is 10.0 Å². The van der Waals surface area contributed by atoms with Gasteiger partial charge >= 0.3 is 0 Å². The number of ether oxygens (including phenoxy) is 1. The van der Waals surface area contributed by atoms with Gasteiger partial charge in [-0.1, -0.05) is 0 Å². The van der Waals surface area contributed by atoms with Crippen molar-refractivity contribution in [2.24, 2.45) is 5.14 Å². The number of hydrogen-bond acceptors (Lipinski definition) is 5. The number of rotatable bonds is 5. The molecule has 1 heterocycles. The second-order valence-electron chi connectivity index (χ2n) is 4.21. The summed E-state index contributed by atoms with van der Waals surface area (Å²) < 4.78 is 27.7. The minimum absolute atomic E-state index is 0.0531. The van der Waals surface area contributed by atoms with E-state index in [0.717, 1.165) is 6.42 Å². The first kappa shape index (κ1) is 15.9. The molecular formula is C13H14N2O3S3. The number of primary sulfonamides is 1. The summed E-state index contributed by atoms with van der Waals surface area (Å²) in [5, 5.41) is 12.2. The number of anilines is 1. The van der Waals surface area contributed by atoms with Crippen molar-refractivity contribution < 1.29 is 13.2 Å². The second-order valence-corrected chi connectivity index (χ2v) is 6.92. The van der Waals surface area contributed by atoms with Gasteiger partial charge in [0.15, 0.2) is 0 Å². The largest absolute Gasteiger partial charge is 0.470 e. The van der Waals surface area contributed by atoms with E-state index in [1.807, 2.05) is 11.4 Å². The molecule has 1 aromatic carbocycles. The normalized spacial score (nSPS) is 11.1. The number of nitrogens with one attached hydrogen (secondary N) is 1. The molecule has 8 heteroatoms. The highest BCUT2D eigenvalue weighted by Crippen LogP contribution is 2.13. The van der Waals surface area contributed by atoms with Crippen LogP contribution in [0.2, 0.25) is 0 Å². The molecular weight excluding hydrogens is 328 g/mol. The van der Waals surface area contributed by atoms with E-state index in [4.69, 9.17) is 22.1 Å². The highest BCUT2D eigenvalue weighted by Gasteiger charge is 2.07. The highest BCUT2D eigenvalue weighted by atomic mass is 32.2. The highest BCUT2D eigenvalue weighted by molar-refractivity contribution is 7.89. The Hall–Kier alpha value is -1.48. The summed E-state index contributed by atoms with van der Waals surface area (Å²) in [5.74, 6) is 0. The van der Waals surface area contributed by atoms with Crippen LogP contribution in [0.4, 0.5) is 5.69 Å². The smallest absolute Gasteiger partial charge is 0.261 e. The molecule has 3 N–H and O–H groups in total. The molecule has 0 saturated carbocycles. The Labute approximate surface area is 132 Å². The average molecular weight is 342 g/mol. The second kappa shape index (κ2) is 6.99. The van der Waals surface area contributed by atoms with E-state index in [-0.39, 0.29) is 10.1 Å². The Morgan fingerprint density at radius 3 is 2.57 bits per heavy atom. The number of sulfonamides is 1. The quantitative estimate of drug-likeness (QED) is 0.815. The van der Waals surface area contributed by atoms with E-state index in [2.05, 4.69) is 10.7 Å². The Kier molecular flexibility index (Phi) is 5.29. The number of benzene rings is 1. The fraction of sp³-hybridized carbons (Fsp3) is 0.154. The van der Waals surface area contributed by atoms with Crippen LogP contribution in [-0.2, 0) is 21.2 Å². The van der Waals surface area contributed by atoms with Crippen molar-refractivity contribution in [2.75, 3.05) is 11.9 Å². The monoisotopic (exact) mass is 342 g/mol. The summed E-state index contributed by atoms with van der Waals surface area (Å²) in [6.45, 7) is 0.484. The first-order chi connectivity index (χ1) is 9.95. The van der Waals surface area contributed by atoms with Gasteiger partial charge in [0.05, 0.1) is 11.5 Å². The fourth-order valence-corrected chi connectivity index (χ4v) is 3.00. The number of nitrogens with two attached hydrogens (primary N) is 1. The van der Waals surface area contributed by atoms with Crippen molar-refractivity contribution in [3.8, 4) is 0 Å². The van der Waals surface area contributed by atoms with Gasteiger partial charge in [-0.05, 0) is 58.9 Å². The summed E-state index contributed by atoms with van der Waals surface area (Å²) in [6, 6.07) is 8.01. The summed E-state index contributed by atoms with van der Waals surface area (Å²) >= 11 is 6.70. The lowest BCUT2D eigenvalue weighted by Crippen LogP contribution is -2.15. The van der Waals surface area contributed by atoms with Gasteiger partial charge < -0.3 is 10.1 Å². The van der Waals surface area contributed by atoms with Crippen LogP contribution >= 0.6 is 23.6 Å². The zero-order chi connectivity index (χ0) is 15.3. The summed E-state index contributed by atoms with van der Waals surface area (Å²) in [5.41, 5.74) is 1.85. The molecule has 21 heavy (non-hydrogen) atoms. The van der Waals surface area contributed by atoms with Crippen molar-refractivity contribution in [1.29, 1.82) is 0 Å². The third kappa shape index (κ3) is 5.09. The van der Waals surface area contributed by atoms with Crippen LogP contribution < -0.4 is 10.5 Å². The predicted molar refractivity (Wildman–Crippen MR) is 88.0 cm³/mol. The maximum atomic E-state index is 11.1. The Morgan fingerprint density at radius 1 is 1.29 bits per heavy atom. The minimum Gasteiger partial charge on any atom is -0.470 e. The molecule has 0 fully saturated rings. The maximum absolute atomic E-state index is 11.1. The molecule has 0 bridgehead atoms. The van der Waals surface area contributed by atoms with Gasteiger partial charge in [0.2, 0.25) is 10.0 Å². The molecule has 0 amide bonds. The zero-order valence-corrected chi connectivity index (χ0v) is 13.4. The summed E-state index contributed by atoms with van der Waals surface area (Å²) in [4.78, 5) is 0.0531. The summed E-state index contributed by atoms with van der Waals surface area (Å²) in [7, 11) is -3.68. The Morgan fingerprint density at radius 2 is 2.00 bits per heavy atom. The SMILES string of the molecule is NS(=O)(=O)c1ccc(NC(=S)OCCc2ccsc2)cc1. The molecule has 2 aromatic rings. The molecule has 0 aliphatic heterocycles. The molecule has 0 aliphatic rings. The third-order valence-electron chi connectivity index (χ3n) is 2.63. The van der Waals surface area contributed by atoms with Crippen molar-refractivity contribution in [3.05, 3.63) is 46.7 Å². The van der Waals surface area contributed by atoms with Crippen LogP contribution in [-0.4, -0.2) is 20.2 Å². The number of thiophene rings is 1. The molecule has 2 rings (SSSR count). The molecule has 5 nitrogen and oxygen atoms in total. The number of thiocarbonyl (C=S) groups is 1. The van der Waals surface area contributed by atoms with E-state index in [1.54, 1.807) is 23.5 Å². The lowest BCUT2D eigenvalue weighted by molar-refractivity contribution is 0.317. The topological polar surface area (TPSA) is 81.4 Å². The first-order valence-corrected chi connectivity index (χ1v) is 8.92. The van der Waals surface area contributed by atoms with E-state index in [0.29, 0.717) is 12.3 Å². The fourth-order valence-electron chi connectivity index (χ4n) is 1.58. The van der Waals surface area contributed by atoms with Gasteiger partial charge in [-0.2, -0.15) is 11.3 Å². The van der Waals surface area contributed by atoms with Crippen LogP contribution in [0.1, 0.15) is 5.56 Å². The van der Waals surface area contributed by atoms with Crippen LogP contribution in [0.25, 0.3) is 0 Å². The average Bonchev–Trinajstić information content (AvgIpc) is 2.91. The molecule has 0 saturated heterocycles. The van der Waals surface area contributed by atoms with Gasteiger partial charge in [-0.3, -0.25) is 0 Å². The third-order valence-corrected chi connectivity index (χ3v) is 4.51. The van der Waals surface area contributed by atoms with Crippen molar-refractivity contribution in [3.63, 3.8) is 0 Å². The maximum Gasteiger partial charge on any atom is 0.261 e.